The van der Waals surface area contributed by atoms with E-state index in [4.69, 9.17) is 5.26 Å². The molecule has 2 heteroatoms. The molecule has 0 fully saturated rings. The SMILES string of the molecule is CCCC[N]CCC#N. The molecule has 0 aliphatic carbocycles. The summed E-state index contributed by atoms with van der Waals surface area (Å²) in [6, 6.07) is 2.05. The predicted molar refractivity (Wildman–Crippen MR) is 37.0 cm³/mol. The quantitative estimate of drug-likeness (QED) is 0.510. The number of nitrogens with zero attached hydrogens (tertiary/aromatic N) is 2. The zero-order valence-electron chi connectivity index (χ0n) is 5.93. The number of unbranched alkanes of at least 4 members (excludes halogenated alkanes) is 1. The lowest BCUT2D eigenvalue weighted by Crippen LogP contribution is -2.07. The van der Waals surface area contributed by atoms with E-state index in [-0.39, 0.29) is 0 Å². The van der Waals surface area contributed by atoms with Gasteiger partial charge in [-0.15, -0.1) is 0 Å². The van der Waals surface area contributed by atoms with Gasteiger partial charge in [0.15, 0.2) is 0 Å². The van der Waals surface area contributed by atoms with Crippen LogP contribution in [0.15, 0.2) is 0 Å². The maximum absolute atomic E-state index is 8.11. The Morgan fingerprint density at radius 3 is 2.78 bits per heavy atom. The summed E-state index contributed by atoms with van der Waals surface area (Å²) in [5.41, 5.74) is 0. The molecule has 0 aliphatic heterocycles. The van der Waals surface area contributed by atoms with Crippen LogP contribution in [0.5, 0.6) is 0 Å². The zero-order valence-corrected chi connectivity index (χ0v) is 5.93. The Bertz CT molecular complexity index is 83.4. The molecular weight excluding hydrogens is 112 g/mol. The average molecular weight is 125 g/mol. The molecule has 0 atom stereocenters. The minimum absolute atomic E-state index is 0.573. The van der Waals surface area contributed by atoms with Crippen molar-refractivity contribution in [2.45, 2.75) is 26.2 Å². The minimum Gasteiger partial charge on any atom is -0.241 e. The normalized spacial score (nSPS) is 8.89. The molecular formula is C7H13N2. The highest BCUT2D eigenvalue weighted by molar-refractivity contribution is 4.69. The van der Waals surface area contributed by atoms with Crippen molar-refractivity contribution in [3.63, 3.8) is 0 Å². The summed E-state index contributed by atoms with van der Waals surface area (Å²) in [5, 5.41) is 12.2. The van der Waals surface area contributed by atoms with Crippen LogP contribution in [-0.2, 0) is 0 Å². The molecule has 0 aromatic carbocycles. The third kappa shape index (κ3) is 7.45. The van der Waals surface area contributed by atoms with Crippen molar-refractivity contribution in [2.24, 2.45) is 0 Å². The van der Waals surface area contributed by atoms with Crippen LogP contribution in [0.2, 0.25) is 0 Å². The molecule has 1 radical (unpaired) electrons. The lowest BCUT2D eigenvalue weighted by atomic mass is 10.3. The molecule has 0 rings (SSSR count). The Morgan fingerprint density at radius 2 is 2.22 bits per heavy atom. The van der Waals surface area contributed by atoms with Crippen molar-refractivity contribution < 1.29 is 0 Å². The van der Waals surface area contributed by atoms with E-state index in [1.54, 1.807) is 0 Å². The molecule has 0 bridgehead atoms. The van der Waals surface area contributed by atoms with Crippen LogP contribution >= 0.6 is 0 Å². The average Bonchev–Trinajstić information content (AvgIpc) is 1.89. The van der Waals surface area contributed by atoms with E-state index < -0.39 is 0 Å². The molecule has 51 valence electrons. The minimum atomic E-state index is 0.573. The maximum Gasteiger partial charge on any atom is 0.0635 e. The first-order valence-corrected chi connectivity index (χ1v) is 3.42. The van der Waals surface area contributed by atoms with E-state index >= 15 is 0 Å². The fraction of sp³-hybridized carbons (Fsp3) is 0.857. The van der Waals surface area contributed by atoms with E-state index in [2.05, 4.69) is 18.3 Å². The van der Waals surface area contributed by atoms with Crippen molar-refractivity contribution >= 4 is 0 Å². The lowest BCUT2D eigenvalue weighted by Gasteiger charge is -1.94. The smallest absolute Gasteiger partial charge is 0.0635 e. The Kier molecular flexibility index (Phi) is 6.99. The molecule has 0 saturated carbocycles. The van der Waals surface area contributed by atoms with Crippen LogP contribution < -0.4 is 5.32 Å². The second-order valence-corrected chi connectivity index (χ2v) is 1.93. The Hall–Kier alpha value is -0.550. The molecule has 0 unspecified atom stereocenters. The van der Waals surface area contributed by atoms with Gasteiger partial charge in [-0.3, -0.25) is 0 Å². The summed E-state index contributed by atoms with van der Waals surface area (Å²) in [6.45, 7) is 3.79. The van der Waals surface area contributed by atoms with Gasteiger partial charge in [0.2, 0.25) is 0 Å². The highest BCUT2D eigenvalue weighted by Crippen LogP contribution is 1.83. The molecule has 0 aromatic heterocycles. The van der Waals surface area contributed by atoms with Gasteiger partial charge < -0.3 is 0 Å². The first-order chi connectivity index (χ1) is 4.41. The van der Waals surface area contributed by atoms with Gasteiger partial charge in [0, 0.05) is 19.5 Å². The summed E-state index contributed by atoms with van der Waals surface area (Å²) in [5.74, 6) is 0. The summed E-state index contributed by atoms with van der Waals surface area (Å²) >= 11 is 0. The molecule has 0 aliphatic rings. The van der Waals surface area contributed by atoms with Crippen LogP contribution in [0, 0.1) is 11.3 Å². The van der Waals surface area contributed by atoms with Crippen LogP contribution in [0.4, 0.5) is 0 Å². The second kappa shape index (κ2) is 7.45. The summed E-state index contributed by atoms with van der Waals surface area (Å²) in [7, 11) is 0. The zero-order chi connectivity index (χ0) is 6.95. The predicted octanol–water partition coefficient (Wildman–Crippen LogP) is 1.30. The highest BCUT2D eigenvalue weighted by Gasteiger charge is 1.85. The molecule has 9 heavy (non-hydrogen) atoms. The number of hydrogen-bond acceptors (Lipinski definition) is 1. The Labute approximate surface area is 56.9 Å². The Morgan fingerprint density at radius 1 is 1.44 bits per heavy atom. The van der Waals surface area contributed by atoms with Crippen LogP contribution in [0.25, 0.3) is 0 Å². The van der Waals surface area contributed by atoms with Gasteiger partial charge in [0.1, 0.15) is 0 Å². The standard InChI is InChI=1S/C7H13N2/c1-2-3-6-9-7-4-5-8/h2-4,6-7H2,1H3. The van der Waals surface area contributed by atoms with E-state index in [0.29, 0.717) is 6.42 Å². The third-order valence-corrected chi connectivity index (χ3v) is 1.05. The molecule has 0 N–H and O–H groups in total. The van der Waals surface area contributed by atoms with Crippen molar-refractivity contribution in [2.75, 3.05) is 13.1 Å². The summed E-state index contributed by atoms with van der Waals surface area (Å²) in [4.78, 5) is 0. The van der Waals surface area contributed by atoms with Gasteiger partial charge in [-0.25, -0.2) is 5.32 Å². The topological polar surface area (TPSA) is 37.9 Å². The van der Waals surface area contributed by atoms with Crippen LogP contribution in [0.1, 0.15) is 26.2 Å². The van der Waals surface area contributed by atoms with E-state index in [9.17, 15) is 0 Å². The monoisotopic (exact) mass is 125 g/mol. The number of rotatable bonds is 5. The first-order valence-electron chi connectivity index (χ1n) is 3.42. The molecule has 0 heterocycles. The van der Waals surface area contributed by atoms with Gasteiger partial charge in [-0.1, -0.05) is 13.3 Å². The molecule has 0 amide bonds. The maximum atomic E-state index is 8.11. The van der Waals surface area contributed by atoms with Crippen molar-refractivity contribution in [1.29, 1.82) is 5.26 Å². The van der Waals surface area contributed by atoms with E-state index in [1.165, 1.54) is 6.42 Å². The van der Waals surface area contributed by atoms with Crippen molar-refractivity contribution in [1.82, 2.24) is 5.32 Å². The molecule has 2 nitrogen and oxygen atoms in total. The van der Waals surface area contributed by atoms with Crippen LogP contribution in [-0.4, -0.2) is 13.1 Å². The van der Waals surface area contributed by atoms with E-state index in [0.717, 1.165) is 19.5 Å². The molecule has 0 saturated heterocycles. The lowest BCUT2D eigenvalue weighted by molar-refractivity contribution is 0.635. The molecule has 0 aromatic rings. The van der Waals surface area contributed by atoms with Gasteiger partial charge in [0.05, 0.1) is 6.07 Å². The van der Waals surface area contributed by atoms with Gasteiger partial charge in [-0.2, -0.15) is 5.26 Å². The van der Waals surface area contributed by atoms with Gasteiger partial charge >= 0.3 is 0 Å². The largest absolute Gasteiger partial charge is 0.241 e. The van der Waals surface area contributed by atoms with Crippen LogP contribution in [0.3, 0.4) is 0 Å². The highest BCUT2D eigenvalue weighted by atomic mass is 14.8. The fourth-order valence-corrected chi connectivity index (χ4v) is 0.511. The fourth-order valence-electron chi connectivity index (χ4n) is 0.511. The third-order valence-electron chi connectivity index (χ3n) is 1.05. The number of nitriles is 1. The van der Waals surface area contributed by atoms with E-state index in [1.807, 2.05) is 0 Å². The van der Waals surface area contributed by atoms with Crippen molar-refractivity contribution in [3.05, 3.63) is 0 Å². The van der Waals surface area contributed by atoms with Gasteiger partial charge in [-0.05, 0) is 6.42 Å². The first kappa shape index (κ1) is 8.45. The second-order valence-electron chi connectivity index (χ2n) is 1.93. The number of hydrogen-bond donors (Lipinski definition) is 0. The Balaban J connectivity index is 2.69. The molecule has 0 spiro atoms. The van der Waals surface area contributed by atoms with Crippen molar-refractivity contribution in [3.8, 4) is 6.07 Å². The van der Waals surface area contributed by atoms with Gasteiger partial charge in [0.25, 0.3) is 0 Å². The summed E-state index contributed by atoms with van der Waals surface area (Å²) in [6.07, 6.45) is 2.92. The summed E-state index contributed by atoms with van der Waals surface area (Å²) < 4.78 is 0.